The minimum atomic E-state index is -0.600. The zero-order valence-electron chi connectivity index (χ0n) is 26.8. The quantitative estimate of drug-likeness (QED) is 0.174. The predicted octanol–water partition coefficient (Wildman–Crippen LogP) is 7.24. The molecule has 1 unspecified atom stereocenters. The second-order valence-corrected chi connectivity index (χ2v) is 12.1. The monoisotopic (exact) mass is 608 g/mol. The maximum Gasteiger partial charge on any atom is 0.316 e. The highest BCUT2D eigenvalue weighted by molar-refractivity contribution is 5.83. The molecule has 0 radical (unpaired) electrons. The van der Waals surface area contributed by atoms with E-state index in [1.807, 2.05) is 58.9 Å². The summed E-state index contributed by atoms with van der Waals surface area (Å²) in [5, 5.41) is 0. The van der Waals surface area contributed by atoms with E-state index in [9.17, 15) is 4.79 Å². The zero-order valence-corrected chi connectivity index (χ0v) is 26.8. The molecule has 1 aliphatic heterocycles. The van der Waals surface area contributed by atoms with Crippen LogP contribution in [0.25, 0.3) is 22.3 Å². The minimum absolute atomic E-state index is 0.0223. The van der Waals surface area contributed by atoms with Crippen molar-refractivity contribution < 1.29 is 28.5 Å². The second-order valence-electron chi connectivity index (χ2n) is 12.1. The van der Waals surface area contributed by atoms with E-state index in [4.69, 9.17) is 23.7 Å². The van der Waals surface area contributed by atoms with Crippen molar-refractivity contribution in [2.75, 3.05) is 19.8 Å². The molecule has 1 saturated heterocycles. The summed E-state index contributed by atoms with van der Waals surface area (Å²) in [5.41, 5.74) is 10.4. The number of nitrogens with zero attached hydrogens (tertiary/aromatic N) is 2. The number of aryl methyl sites for hydroxylation is 2. The third-order valence-corrected chi connectivity index (χ3v) is 8.53. The Bertz CT molecular complexity index is 1710. The third-order valence-electron chi connectivity index (χ3n) is 8.53. The van der Waals surface area contributed by atoms with Crippen LogP contribution in [-0.2, 0) is 25.6 Å². The number of ether oxygens (including phenoxy) is 5. The third kappa shape index (κ3) is 6.44. The van der Waals surface area contributed by atoms with Gasteiger partial charge < -0.3 is 23.7 Å². The van der Waals surface area contributed by atoms with Crippen LogP contribution in [0.1, 0.15) is 66.8 Å². The maximum absolute atomic E-state index is 12.4. The van der Waals surface area contributed by atoms with Gasteiger partial charge in [-0.1, -0.05) is 48.5 Å². The summed E-state index contributed by atoms with van der Waals surface area (Å²) >= 11 is 0. The van der Waals surface area contributed by atoms with Crippen molar-refractivity contribution in [3.63, 3.8) is 0 Å². The minimum Gasteiger partial charge on any atom is -0.489 e. The molecule has 8 nitrogen and oxygen atoms in total. The highest BCUT2D eigenvalue weighted by Gasteiger charge is 2.33. The molecule has 8 heteroatoms. The number of hydrogen-bond donors (Lipinski definition) is 0. The van der Waals surface area contributed by atoms with Crippen LogP contribution < -0.4 is 9.47 Å². The molecule has 0 amide bonds. The number of benzene rings is 3. The molecular formula is C37H40N2O6. The average Bonchev–Trinajstić information content (AvgIpc) is 3.52. The van der Waals surface area contributed by atoms with Crippen molar-refractivity contribution >= 4 is 5.97 Å². The van der Waals surface area contributed by atoms with Gasteiger partial charge >= 0.3 is 12.0 Å². The van der Waals surface area contributed by atoms with Crippen molar-refractivity contribution in [2.45, 2.75) is 72.4 Å². The summed E-state index contributed by atoms with van der Waals surface area (Å²) in [6.45, 7) is 13.3. The Labute approximate surface area is 264 Å². The summed E-state index contributed by atoms with van der Waals surface area (Å²) in [4.78, 5) is 21.7. The fourth-order valence-electron chi connectivity index (χ4n) is 6.41. The number of fused-ring (bicyclic) bond motifs is 3. The molecule has 2 heterocycles. The van der Waals surface area contributed by atoms with E-state index in [2.05, 4.69) is 53.3 Å². The van der Waals surface area contributed by atoms with Crippen molar-refractivity contribution in [1.29, 1.82) is 0 Å². The molecule has 2 atom stereocenters. The first-order chi connectivity index (χ1) is 21.6. The lowest BCUT2D eigenvalue weighted by Gasteiger charge is -2.18. The Morgan fingerprint density at radius 1 is 0.911 bits per heavy atom. The summed E-state index contributed by atoms with van der Waals surface area (Å²) < 4.78 is 29.0. The molecule has 4 aromatic rings. The van der Waals surface area contributed by atoms with E-state index in [1.54, 1.807) is 0 Å². The SMILES string of the molecule is CCOC(=O)CC1c2ccccc2-c2cc(OCc3cccc(-c4c(C)nc(OC[C@H]5COC(C)(C)O5)nc4C)c3C)ccc21. The number of carbonyl (C=O) groups excluding carboxylic acids is 1. The van der Waals surface area contributed by atoms with Gasteiger partial charge in [-0.2, -0.15) is 9.97 Å². The molecule has 1 fully saturated rings. The number of rotatable bonds is 10. The summed E-state index contributed by atoms with van der Waals surface area (Å²) in [7, 11) is 0. The van der Waals surface area contributed by atoms with Gasteiger partial charge in [0.15, 0.2) is 5.79 Å². The largest absolute Gasteiger partial charge is 0.489 e. The number of aromatic nitrogens is 2. The predicted molar refractivity (Wildman–Crippen MR) is 171 cm³/mol. The van der Waals surface area contributed by atoms with Gasteiger partial charge in [0.25, 0.3) is 0 Å². The van der Waals surface area contributed by atoms with Crippen LogP contribution >= 0.6 is 0 Å². The molecule has 0 spiro atoms. The van der Waals surface area contributed by atoms with Crippen molar-refractivity contribution in [1.82, 2.24) is 9.97 Å². The normalized spacial score (nSPS) is 17.9. The molecule has 3 aromatic carbocycles. The van der Waals surface area contributed by atoms with Gasteiger partial charge in [-0.15, -0.1) is 0 Å². The Hall–Kier alpha value is -4.27. The highest BCUT2D eigenvalue weighted by Crippen LogP contribution is 2.47. The summed E-state index contributed by atoms with van der Waals surface area (Å²) in [6, 6.07) is 21.0. The molecular weight excluding hydrogens is 568 g/mol. The van der Waals surface area contributed by atoms with Gasteiger partial charge in [-0.05, 0) is 92.6 Å². The van der Waals surface area contributed by atoms with Crippen LogP contribution in [0.5, 0.6) is 11.8 Å². The van der Waals surface area contributed by atoms with Gasteiger partial charge in [0.2, 0.25) is 0 Å². The van der Waals surface area contributed by atoms with Crippen molar-refractivity contribution in [2.24, 2.45) is 0 Å². The number of hydrogen-bond acceptors (Lipinski definition) is 8. The fourth-order valence-corrected chi connectivity index (χ4v) is 6.41. The van der Waals surface area contributed by atoms with E-state index in [0.717, 1.165) is 61.6 Å². The van der Waals surface area contributed by atoms with E-state index < -0.39 is 5.79 Å². The van der Waals surface area contributed by atoms with E-state index in [0.29, 0.717) is 38.9 Å². The number of esters is 1. The molecule has 234 valence electrons. The molecule has 0 N–H and O–H groups in total. The smallest absolute Gasteiger partial charge is 0.316 e. The summed E-state index contributed by atoms with van der Waals surface area (Å²) in [6.07, 6.45) is 0.163. The molecule has 45 heavy (non-hydrogen) atoms. The van der Waals surface area contributed by atoms with Gasteiger partial charge in [-0.25, -0.2) is 0 Å². The zero-order chi connectivity index (χ0) is 31.7. The standard InChI is InChI=1S/C37H40N2O6/c1-7-41-34(40)18-33-30-13-9-8-12-29(30)32-17-26(15-16-31(32)33)42-19-25-11-10-14-28(22(25)2)35-23(3)38-36(39-24(35)4)43-20-27-21-44-37(5,6)45-27/h8-17,27,33H,7,18-21H2,1-6H3/t27-,33?/m0/s1. The van der Waals surface area contributed by atoms with Crippen LogP contribution in [0.4, 0.5) is 0 Å². The second kappa shape index (κ2) is 12.6. The molecule has 2 aliphatic rings. The lowest BCUT2D eigenvalue weighted by Crippen LogP contribution is -2.25. The molecule has 1 aromatic heterocycles. The first kappa shape index (κ1) is 30.7. The van der Waals surface area contributed by atoms with Crippen LogP contribution in [0.2, 0.25) is 0 Å². The van der Waals surface area contributed by atoms with Crippen LogP contribution in [0.15, 0.2) is 60.7 Å². The average molecular weight is 609 g/mol. The maximum atomic E-state index is 12.4. The van der Waals surface area contributed by atoms with Gasteiger partial charge in [0, 0.05) is 11.5 Å². The van der Waals surface area contributed by atoms with Crippen LogP contribution in [0, 0.1) is 20.8 Å². The van der Waals surface area contributed by atoms with Crippen LogP contribution in [-0.4, -0.2) is 47.6 Å². The molecule has 0 bridgehead atoms. The van der Waals surface area contributed by atoms with Gasteiger partial charge in [0.05, 0.1) is 31.0 Å². The van der Waals surface area contributed by atoms with Crippen molar-refractivity contribution in [3.05, 3.63) is 94.3 Å². The van der Waals surface area contributed by atoms with Gasteiger partial charge in [-0.3, -0.25) is 4.79 Å². The van der Waals surface area contributed by atoms with Crippen LogP contribution in [0.3, 0.4) is 0 Å². The number of carbonyl (C=O) groups is 1. The summed E-state index contributed by atoms with van der Waals surface area (Å²) in [5.74, 6) is -0.0258. The lowest BCUT2D eigenvalue weighted by atomic mass is 9.93. The first-order valence-electron chi connectivity index (χ1n) is 15.5. The molecule has 6 rings (SSSR count). The topological polar surface area (TPSA) is 89.0 Å². The highest BCUT2D eigenvalue weighted by atomic mass is 16.7. The fraction of sp³-hybridized carbons (Fsp3) is 0.378. The Balaban J connectivity index is 1.18. The van der Waals surface area contributed by atoms with E-state index in [-0.39, 0.29) is 18.0 Å². The van der Waals surface area contributed by atoms with Gasteiger partial charge in [0.1, 0.15) is 25.1 Å². The van der Waals surface area contributed by atoms with E-state index in [1.165, 1.54) is 0 Å². The molecule has 0 saturated carbocycles. The molecule has 1 aliphatic carbocycles. The first-order valence-corrected chi connectivity index (χ1v) is 15.5. The van der Waals surface area contributed by atoms with E-state index >= 15 is 0 Å². The Kier molecular flexibility index (Phi) is 8.62. The van der Waals surface area contributed by atoms with Crippen molar-refractivity contribution in [3.8, 4) is 34.0 Å². The Morgan fingerprint density at radius 3 is 2.38 bits per heavy atom. The lowest BCUT2D eigenvalue weighted by molar-refractivity contribution is -0.143. The Morgan fingerprint density at radius 2 is 1.64 bits per heavy atom.